The maximum atomic E-state index is 12.5. The number of urea groups is 1. The van der Waals surface area contributed by atoms with Crippen LogP contribution in [0.25, 0.3) is 11.1 Å². The molecule has 1 aromatic carbocycles. The van der Waals surface area contributed by atoms with Gasteiger partial charge >= 0.3 is 6.03 Å². The van der Waals surface area contributed by atoms with Gasteiger partial charge in [-0.25, -0.2) is 9.78 Å². The third-order valence-corrected chi connectivity index (χ3v) is 6.40. The van der Waals surface area contributed by atoms with E-state index in [0.717, 1.165) is 28.6 Å². The Bertz CT molecular complexity index is 969. The average Bonchev–Trinajstić information content (AvgIpc) is 3.08. The van der Waals surface area contributed by atoms with Crippen molar-refractivity contribution in [1.29, 1.82) is 0 Å². The summed E-state index contributed by atoms with van der Waals surface area (Å²) in [6.45, 7) is 3.83. The summed E-state index contributed by atoms with van der Waals surface area (Å²) in [5, 5.41) is 7.43. The number of amides is 2. The molecule has 2 aromatic heterocycles. The van der Waals surface area contributed by atoms with E-state index in [1.807, 2.05) is 12.1 Å². The van der Waals surface area contributed by atoms with Crippen LogP contribution in [-0.4, -0.2) is 52.2 Å². The first-order valence-corrected chi connectivity index (χ1v) is 10.1. The number of anilines is 1. The van der Waals surface area contributed by atoms with Gasteiger partial charge in [0.2, 0.25) is 0 Å². The van der Waals surface area contributed by atoms with Crippen LogP contribution in [0.2, 0.25) is 0 Å². The lowest BCUT2D eigenvalue weighted by Gasteiger charge is -2.34. The molecule has 7 nitrogen and oxygen atoms in total. The van der Waals surface area contributed by atoms with Gasteiger partial charge in [-0.3, -0.25) is 10.2 Å². The molecule has 0 atom stereocenters. The van der Waals surface area contributed by atoms with E-state index >= 15 is 0 Å². The molecule has 0 radical (unpaired) electrons. The zero-order valence-electron chi connectivity index (χ0n) is 14.4. The van der Waals surface area contributed by atoms with Gasteiger partial charge in [0.05, 0.1) is 5.39 Å². The van der Waals surface area contributed by atoms with Crippen LogP contribution < -0.4 is 5.32 Å². The number of hydrogen-bond donors (Lipinski definition) is 1. The standard InChI is InChI=1S/C18H17Br2N5O2/c19-14-4-3-12(10-15(14)20)11-24-6-8-25(9-7-24)18(26)22-16-13-2-1-5-21-17(13)27-23-16/h1-5,10H,6-9,11H2,(H,22,23,26). The van der Waals surface area contributed by atoms with Crippen LogP contribution >= 0.6 is 31.9 Å². The van der Waals surface area contributed by atoms with Crippen LogP contribution in [0, 0.1) is 0 Å². The minimum Gasteiger partial charge on any atom is -0.334 e. The molecule has 1 N–H and O–H groups in total. The minimum absolute atomic E-state index is 0.167. The molecule has 4 rings (SSSR count). The fourth-order valence-electron chi connectivity index (χ4n) is 3.06. The number of fused-ring (bicyclic) bond motifs is 1. The predicted octanol–water partition coefficient (Wildman–Crippen LogP) is 4.10. The summed E-state index contributed by atoms with van der Waals surface area (Å²) in [4.78, 5) is 20.8. The molecule has 2 amide bonds. The van der Waals surface area contributed by atoms with E-state index in [1.165, 1.54) is 5.56 Å². The van der Waals surface area contributed by atoms with Crippen molar-refractivity contribution >= 4 is 54.8 Å². The Labute approximate surface area is 173 Å². The molecule has 1 fully saturated rings. The number of carbonyl (C=O) groups is 1. The molecule has 0 unspecified atom stereocenters. The molecule has 1 aliphatic rings. The smallest absolute Gasteiger partial charge is 0.323 e. The number of halogens is 2. The van der Waals surface area contributed by atoms with Gasteiger partial charge in [0.25, 0.3) is 5.71 Å². The van der Waals surface area contributed by atoms with E-state index in [1.54, 1.807) is 17.2 Å². The van der Waals surface area contributed by atoms with E-state index in [-0.39, 0.29) is 6.03 Å². The van der Waals surface area contributed by atoms with Gasteiger partial charge in [-0.05, 0) is 61.7 Å². The first-order valence-electron chi connectivity index (χ1n) is 8.53. The highest BCUT2D eigenvalue weighted by Crippen LogP contribution is 2.25. The maximum absolute atomic E-state index is 12.5. The Morgan fingerprint density at radius 2 is 1.96 bits per heavy atom. The molecular weight excluding hydrogens is 478 g/mol. The minimum atomic E-state index is -0.167. The molecule has 0 spiro atoms. The summed E-state index contributed by atoms with van der Waals surface area (Å²) in [7, 11) is 0. The van der Waals surface area contributed by atoms with Crippen molar-refractivity contribution < 1.29 is 9.32 Å². The lowest BCUT2D eigenvalue weighted by Crippen LogP contribution is -2.49. The quantitative estimate of drug-likeness (QED) is 0.593. The Morgan fingerprint density at radius 3 is 2.74 bits per heavy atom. The highest BCUT2D eigenvalue weighted by atomic mass is 79.9. The molecule has 3 aromatic rings. The van der Waals surface area contributed by atoms with Crippen LogP contribution in [0.3, 0.4) is 0 Å². The number of hydrogen-bond acceptors (Lipinski definition) is 5. The monoisotopic (exact) mass is 493 g/mol. The molecule has 1 aliphatic heterocycles. The van der Waals surface area contributed by atoms with Gasteiger partial charge in [0, 0.05) is 47.9 Å². The number of carbonyl (C=O) groups excluding carboxylic acids is 1. The first-order chi connectivity index (χ1) is 13.1. The summed E-state index contributed by atoms with van der Waals surface area (Å²) in [6.07, 6.45) is 1.63. The van der Waals surface area contributed by atoms with Crippen LogP contribution in [0.5, 0.6) is 0 Å². The number of rotatable bonds is 3. The van der Waals surface area contributed by atoms with E-state index < -0.39 is 0 Å². The van der Waals surface area contributed by atoms with Gasteiger partial charge < -0.3 is 9.42 Å². The second-order valence-electron chi connectivity index (χ2n) is 6.33. The van der Waals surface area contributed by atoms with Crippen molar-refractivity contribution in [2.45, 2.75) is 6.54 Å². The second kappa shape index (κ2) is 7.95. The number of aromatic nitrogens is 2. The molecule has 0 saturated carbocycles. The third-order valence-electron chi connectivity index (χ3n) is 4.52. The molecule has 0 aliphatic carbocycles. The lowest BCUT2D eigenvalue weighted by atomic mass is 10.2. The van der Waals surface area contributed by atoms with Gasteiger partial charge in [0.15, 0.2) is 5.82 Å². The van der Waals surface area contributed by atoms with Crippen molar-refractivity contribution in [2.24, 2.45) is 0 Å². The van der Waals surface area contributed by atoms with Crippen molar-refractivity contribution in [3.05, 3.63) is 51.0 Å². The van der Waals surface area contributed by atoms with Crippen LogP contribution in [0.1, 0.15) is 5.56 Å². The summed E-state index contributed by atoms with van der Waals surface area (Å²) in [6, 6.07) is 9.71. The van der Waals surface area contributed by atoms with E-state index in [2.05, 4.69) is 64.3 Å². The van der Waals surface area contributed by atoms with Gasteiger partial charge in [-0.1, -0.05) is 11.2 Å². The van der Waals surface area contributed by atoms with E-state index in [4.69, 9.17) is 4.52 Å². The van der Waals surface area contributed by atoms with Crippen molar-refractivity contribution in [3.63, 3.8) is 0 Å². The average molecular weight is 495 g/mol. The highest BCUT2D eigenvalue weighted by Gasteiger charge is 2.22. The van der Waals surface area contributed by atoms with Gasteiger partial charge in [0.1, 0.15) is 0 Å². The summed E-state index contributed by atoms with van der Waals surface area (Å²) in [5.41, 5.74) is 1.66. The highest BCUT2D eigenvalue weighted by molar-refractivity contribution is 9.13. The Hall–Kier alpha value is -1.97. The molecule has 9 heteroatoms. The Morgan fingerprint density at radius 1 is 1.15 bits per heavy atom. The fourth-order valence-corrected chi connectivity index (χ4v) is 3.73. The van der Waals surface area contributed by atoms with E-state index in [9.17, 15) is 4.79 Å². The van der Waals surface area contributed by atoms with Gasteiger partial charge in [-0.2, -0.15) is 0 Å². The summed E-state index contributed by atoms with van der Waals surface area (Å²) in [5.74, 6) is 0.408. The molecule has 27 heavy (non-hydrogen) atoms. The number of pyridine rings is 1. The zero-order valence-corrected chi connectivity index (χ0v) is 17.5. The number of benzene rings is 1. The molecule has 1 saturated heterocycles. The number of nitrogens with zero attached hydrogens (tertiary/aromatic N) is 4. The van der Waals surface area contributed by atoms with Crippen molar-refractivity contribution in [2.75, 3.05) is 31.5 Å². The fraction of sp³-hybridized carbons (Fsp3) is 0.278. The van der Waals surface area contributed by atoms with Crippen molar-refractivity contribution in [1.82, 2.24) is 19.9 Å². The molecule has 3 heterocycles. The largest absolute Gasteiger partial charge is 0.334 e. The van der Waals surface area contributed by atoms with Crippen LogP contribution in [0.4, 0.5) is 10.6 Å². The SMILES string of the molecule is O=C(Nc1noc2ncccc12)N1CCN(Cc2ccc(Br)c(Br)c2)CC1. The van der Waals surface area contributed by atoms with Crippen LogP contribution in [0.15, 0.2) is 50.0 Å². The number of piperazine rings is 1. The maximum Gasteiger partial charge on any atom is 0.323 e. The lowest BCUT2D eigenvalue weighted by molar-refractivity contribution is 0.143. The zero-order chi connectivity index (χ0) is 18.8. The summed E-state index contributed by atoms with van der Waals surface area (Å²) < 4.78 is 7.22. The van der Waals surface area contributed by atoms with Crippen LogP contribution in [-0.2, 0) is 6.54 Å². The van der Waals surface area contributed by atoms with E-state index in [0.29, 0.717) is 30.0 Å². The summed E-state index contributed by atoms with van der Waals surface area (Å²) >= 11 is 7.03. The third kappa shape index (κ3) is 4.15. The Balaban J connectivity index is 1.33. The topological polar surface area (TPSA) is 74.5 Å². The first kappa shape index (κ1) is 18.4. The van der Waals surface area contributed by atoms with Crippen molar-refractivity contribution in [3.8, 4) is 0 Å². The molecule has 0 bridgehead atoms. The predicted molar refractivity (Wildman–Crippen MR) is 110 cm³/mol. The molecule has 140 valence electrons. The Kier molecular flexibility index (Phi) is 5.42. The molecular formula is C18H17Br2N5O2. The normalized spacial score (nSPS) is 15.3. The number of nitrogens with one attached hydrogen (secondary N) is 1. The second-order valence-corrected chi connectivity index (χ2v) is 8.04. The van der Waals surface area contributed by atoms with Gasteiger partial charge in [-0.15, -0.1) is 0 Å².